The molecule has 0 aromatic heterocycles. The topological polar surface area (TPSA) is 65.0 Å². The molecule has 148 valence electrons. The molecule has 1 fully saturated rings. The molecule has 1 aliphatic carbocycles. The van der Waals surface area contributed by atoms with Crippen molar-refractivity contribution >= 4 is 27.3 Å². The Kier molecular flexibility index (Phi) is 7.25. The minimum absolute atomic E-state index is 0.00310. The summed E-state index contributed by atoms with van der Waals surface area (Å²) in [6.07, 6.45) is 6.86. The number of rotatable bonds is 6. The summed E-state index contributed by atoms with van der Waals surface area (Å²) >= 11 is 0. The molecule has 0 heterocycles. The Morgan fingerprint density at radius 3 is 2.56 bits per heavy atom. The minimum atomic E-state index is -2.91. The first kappa shape index (κ1) is 21.2. The van der Waals surface area contributed by atoms with E-state index in [-0.39, 0.29) is 12.1 Å². The van der Waals surface area contributed by atoms with Gasteiger partial charge in [-0.05, 0) is 76.1 Å². The molecule has 6 heteroatoms. The lowest BCUT2D eigenvalue weighted by Crippen LogP contribution is -2.21. The predicted molar refractivity (Wildman–Crippen MR) is 111 cm³/mol. The van der Waals surface area contributed by atoms with E-state index in [1.807, 2.05) is 13.0 Å². The highest BCUT2D eigenvalue weighted by atomic mass is 32.2. The number of nitrogens with zero attached hydrogens (tertiary/aromatic N) is 1. The molecule has 27 heavy (non-hydrogen) atoms. The highest BCUT2D eigenvalue weighted by Crippen LogP contribution is 2.24. The van der Waals surface area contributed by atoms with Gasteiger partial charge in [0.15, 0.2) is 0 Å². The molecule has 1 aromatic rings. The maximum absolute atomic E-state index is 13.1. The number of carbonyl (C=O) groups excluding carboxylic acids is 1. The monoisotopic (exact) mass is 391 g/mol. The van der Waals surface area contributed by atoms with Crippen molar-refractivity contribution in [2.75, 3.05) is 7.11 Å². The van der Waals surface area contributed by atoms with Gasteiger partial charge in [-0.3, -0.25) is 0 Å². The lowest BCUT2D eigenvalue weighted by atomic mass is 9.98. The van der Waals surface area contributed by atoms with Crippen molar-refractivity contribution in [3.8, 4) is 5.75 Å². The highest BCUT2D eigenvalue weighted by Gasteiger charge is 2.18. The van der Waals surface area contributed by atoms with E-state index >= 15 is 0 Å². The fraction of sp³-hybridized carbons (Fsp3) is 0.476. The van der Waals surface area contributed by atoms with E-state index in [0.717, 1.165) is 31.2 Å². The highest BCUT2D eigenvalue weighted by molar-refractivity contribution is 7.99. The van der Waals surface area contributed by atoms with E-state index in [1.54, 1.807) is 39.2 Å². The van der Waals surface area contributed by atoms with Crippen LogP contribution in [0.2, 0.25) is 0 Å². The van der Waals surface area contributed by atoms with Crippen molar-refractivity contribution in [1.82, 2.24) is 0 Å². The van der Waals surface area contributed by atoms with Crippen LogP contribution in [0.1, 0.15) is 51.5 Å². The average Bonchev–Trinajstić information content (AvgIpc) is 2.62. The third-order valence-electron chi connectivity index (χ3n) is 4.60. The van der Waals surface area contributed by atoms with E-state index in [2.05, 4.69) is 10.3 Å². The Morgan fingerprint density at radius 1 is 1.26 bits per heavy atom. The van der Waals surface area contributed by atoms with Crippen LogP contribution in [0.4, 0.5) is 0 Å². The van der Waals surface area contributed by atoms with Crippen molar-refractivity contribution in [2.24, 2.45) is 4.40 Å². The second kappa shape index (κ2) is 9.22. The van der Waals surface area contributed by atoms with Crippen LogP contribution in [0, 0.1) is 6.92 Å². The number of benzene rings is 1. The summed E-state index contributed by atoms with van der Waals surface area (Å²) in [5, 5.41) is 0. The summed E-state index contributed by atoms with van der Waals surface area (Å²) in [6.45, 7) is 5.25. The zero-order valence-corrected chi connectivity index (χ0v) is 17.4. The van der Waals surface area contributed by atoms with Gasteiger partial charge in [0.1, 0.15) is 11.9 Å². The fourth-order valence-electron chi connectivity index (χ4n) is 3.16. The number of hydrogen-bond donors (Lipinski definition) is 0. The predicted octanol–water partition coefficient (Wildman–Crippen LogP) is 4.28. The summed E-state index contributed by atoms with van der Waals surface area (Å²) in [6, 6.07) is 5.32. The summed E-state index contributed by atoms with van der Waals surface area (Å²) in [5.41, 5.74) is 1.74. The molecule has 1 aliphatic rings. The first-order valence-electron chi connectivity index (χ1n) is 9.20. The molecule has 1 atom stereocenters. The van der Waals surface area contributed by atoms with Crippen LogP contribution in [0.5, 0.6) is 5.75 Å². The van der Waals surface area contributed by atoms with Gasteiger partial charge in [-0.15, -0.1) is 0 Å². The van der Waals surface area contributed by atoms with Gasteiger partial charge in [0, 0.05) is 11.3 Å². The lowest BCUT2D eigenvalue weighted by molar-refractivity contribution is -0.145. The van der Waals surface area contributed by atoms with Gasteiger partial charge in [-0.1, -0.05) is 12.5 Å². The van der Waals surface area contributed by atoms with Crippen LogP contribution in [-0.2, 0) is 19.2 Å². The molecule has 0 amide bonds. The Bertz CT molecular complexity index is 847. The standard InChI is InChI=1S/C21H29NO4S/c1-15-11-12-19(25-4)14-20(15)27(5,24)22-17(3)13-16(2)21(23)26-18-9-7-6-8-10-18/h11-14,18H,5-10H2,1-4H3/b16-13+,22-17?. The van der Waals surface area contributed by atoms with Crippen molar-refractivity contribution in [3.63, 3.8) is 0 Å². The van der Waals surface area contributed by atoms with Crippen LogP contribution in [0.25, 0.3) is 0 Å². The second-order valence-corrected chi connectivity index (χ2v) is 8.90. The van der Waals surface area contributed by atoms with Crippen molar-refractivity contribution in [3.05, 3.63) is 35.4 Å². The molecule has 1 unspecified atom stereocenters. The maximum atomic E-state index is 13.1. The molecular formula is C21H29NO4S. The van der Waals surface area contributed by atoms with Crippen molar-refractivity contribution in [1.29, 1.82) is 0 Å². The molecule has 1 aromatic carbocycles. The number of carbonyl (C=O) groups is 1. The number of esters is 1. The van der Waals surface area contributed by atoms with Gasteiger partial charge in [0.2, 0.25) is 0 Å². The molecule has 5 nitrogen and oxygen atoms in total. The number of allylic oxidation sites excluding steroid dienone is 1. The molecule has 2 rings (SSSR count). The zero-order chi connectivity index (χ0) is 20.0. The van der Waals surface area contributed by atoms with E-state index < -0.39 is 9.71 Å². The van der Waals surface area contributed by atoms with Crippen LogP contribution < -0.4 is 4.74 Å². The van der Waals surface area contributed by atoms with Crippen molar-refractivity contribution in [2.45, 2.75) is 63.9 Å². The van der Waals surface area contributed by atoms with Gasteiger partial charge < -0.3 is 9.47 Å². The number of methoxy groups -OCH3 is 1. The SMILES string of the molecule is C=S(=O)(N=C(C)/C=C(\C)C(=O)OC1CCCCC1)c1cc(OC)ccc1C. The van der Waals surface area contributed by atoms with Crippen LogP contribution in [0.15, 0.2) is 39.1 Å². The first-order valence-corrected chi connectivity index (χ1v) is 10.9. The summed E-state index contributed by atoms with van der Waals surface area (Å²) in [4.78, 5) is 12.8. The number of hydrogen-bond acceptors (Lipinski definition) is 4. The molecule has 0 N–H and O–H groups in total. The third-order valence-corrected chi connectivity index (χ3v) is 6.31. The molecule has 0 saturated heterocycles. The molecular weight excluding hydrogens is 362 g/mol. The fourth-order valence-corrected chi connectivity index (χ4v) is 4.65. The molecule has 1 saturated carbocycles. The van der Waals surface area contributed by atoms with Gasteiger partial charge in [-0.2, -0.15) is 4.40 Å². The van der Waals surface area contributed by atoms with Crippen LogP contribution in [-0.4, -0.2) is 35.0 Å². The lowest BCUT2D eigenvalue weighted by Gasteiger charge is -2.21. The van der Waals surface area contributed by atoms with Crippen molar-refractivity contribution < 1.29 is 18.5 Å². The van der Waals surface area contributed by atoms with Gasteiger partial charge in [-0.25, -0.2) is 9.00 Å². The average molecular weight is 392 g/mol. The smallest absolute Gasteiger partial charge is 0.334 e. The van der Waals surface area contributed by atoms with E-state index in [9.17, 15) is 9.00 Å². The third kappa shape index (κ3) is 5.96. The molecule has 0 spiro atoms. The van der Waals surface area contributed by atoms with Gasteiger partial charge in [0.05, 0.1) is 21.7 Å². The van der Waals surface area contributed by atoms with Crippen LogP contribution in [0.3, 0.4) is 0 Å². The minimum Gasteiger partial charge on any atom is -0.497 e. The Balaban J connectivity index is 2.17. The Morgan fingerprint density at radius 2 is 1.93 bits per heavy atom. The molecule has 0 bridgehead atoms. The van der Waals surface area contributed by atoms with E-state index in [1.165, 1.54) is 6.42 Å². The van der Waals surface area contributed by atoms with Gasteiger partial charge >= 0.3 is 5.97 Å². The summed E-state index contributed by atoms with van der Waals surface area (Å²) in [7, 11) is -1.36. The summed E-state index contributed by atoms with van der Waals surface area (Å²) in [5.74, 6) is 4.06. The van der Waals surface area contributed by atoms with Gasteiger partial charge in [0.25, 0.3) is 0 Å². The quantitative estimate of drug-likeness (QED) is 0.314. The molecule has 0 radical (unpaired) electrons. The second-order valence-electron chi connectivity index (χ2n) is 7.00. The number of ether oxygens (including phenoxy) is 2. The number of aryl methyl sites for hydroxylation is 1. The molecule has 0 aliphatic heterocycles. The Labute approximate surface area is 162 Å². The first-order chi connectivity index (χ1) is 12.7. The largest absolute Gasteiger partial charge is 0.497 e. The zero-order valence-electron chi connectivity index (χ0n) is 16.6. The Hall–Kier alpha value is -2.08. The van der Waals surface area contributed by atoms with E-state index in [4.69, 9.17) is 9.47 Å². The normalized spacial score (nSPS) is 18.7. The van der Waals surface area contributed by atoms with E-state index in [0.29, 0.717) is 21.9 Å². The maximum Gasteiger partial charge on any atom is 0.334 e. The summed E-state index contributed by atoms with van der Waals surface area (Å²) < 4.78 is 28.1. The van der Waals surface area contributed by atoms with Crippen LogP contribution >= 0.6 is 0 Å².